The van der Waals surface area contributed by atoms with Gasteiger partial charge in [0.25, 0.3) is 0 Å². The molecule has 19 heavy (non-hydrogen) atoms. The van der Waals surface area contributed by atoms with E-state index in [-0.39, 0.29) is 4.88 Å². The summed E-state index contributed by atoms with van der Waals surface area (Å²) in [6.07, 6.45) is 3.02. The molecule has 0 aliphatic carbocycles. The Morgan fingerprint density at radius 2 is 2.26 bits per heavy atom. The van der Waals surface area contributed by atoms with Gasteiger partial charge in [-0.05, 0) is 19.1 Å². The minimum absolute atomic E-state index is 0.285. The Hall–Kier alpha value is -2.15. The molecule has 0 amide bonds. The Labute approximate surface area is 113 Å². The lowest BCUT2D eigenvalue weighted by atomic mass is 10.4. The second kappa shape index (κ2) is 5.66. The van der Waals surface area contributed by atoms with Gasteiger partial charge in [-0.25, -0.2) is 9.59 Å². The van der Waals surface area contributed by atoms with Crippen molar-refractivity contribution in [2.45, 2.75) is 13.5 Å². The minimum Gasteiger partial charge on any atom is -0.477 e. The van der Waals surface area contributed by atoms with Crippen LogP contribution in [0.15, 0.2) is 24.5 Å². The topological polar surface area (TPSA) is 81.4 Å². The van der Waals surface area contributed by atoms with Gasteiger partial charge in [0.05, 0.1) is 24.9 Å². The van der Waals surface area contributed by atoms with Gasteiger partial charge in [0, 0.05) is 11.1 Å². The van der Waals surface area contributed by atoms with Crippen molar-refractivity contribution in [3.8, 4) is 0 Å². The molecule has 0 bridgehead atoms. The normalized spacial score (nSPS) is 10.4. The van der Waals surface area contributed by atoms with Gasteiger partial charge in [-0.2, -0.15) is 5.10 Å². The van der Waals surface area contributed by atoms with Crippen LogP contribution < -0.4 is 0 Å². The number of carbonyl (C=O) groups is 2. The van der Waals surface area contributed by atoms with Gasteiger partial charge in [0.15, 0.2) is 0 Å². The van der Waals surface area contributed by atoms with Crippen molar-refractivity contribution in [2.75, 3.05) is 6.61 Å². The zero-order valence-electron chi connectivity index (χ0n) is 10.2. The number of carboxylic acids is 1. The number of thiophene rings is 1. The Kier molecular flexibility index (Phi) is 3.96. The zero-order valence-corrected chi connectivity index (χ0v) is 11.0. The summed E-state index contributed by atoms with van der Waals surface area (Å²) in [5, 5.41) is 12.9. The van der Waals surface area contributed by atoms with E-state index in [2.05, 4.69) is 5.10 Å². The number of aromatic carboxylic acids is 1. The molecule has 1 N–H and O–H groups in total. The monoisotopic (exact) mass is 280 g/mol. The summed E-state index contributed by atoms with van der Waals surface area (Å²) in [7, 11) is 0. The van der Waals surface area contributed by atoms with Crippen LogP contribution in [-0.4, -0.2) is 33.4 Å². The van der Waals surface area contributed by atoms with Crippen LogP contribution in [0.5, 0.6) is 0 Å². The smallest absolute Gasteiger partial charge is 0.345 e. The number of carboxylic acid groups (broad SMARTS) is 1. The molecule has 6 nitrogen and oxygen atoms in total. The predicted octanol–water partition coefficient (Wildman–Crippen LogP) is 1.87. The zero-order chi connectivity index (χ0) is 13.8. The molecule has 0 unspecified atom stereocenters. The van der Waals surface area contributed by atoms with Crippen molar-refractivity contribution < 1.29 is 19.4 Å². The first-order valence-corrected chi connectivity index (χ1v) is 6.43. The third kappa shape index (κ3) is 3.19. The summed E-state index contributed by atoms with van der Waals surface area (Å²) in [5.41, 5.74) is 0.386. The largest absolute Gasteiger partial charge is 0.477 e. The summed E-state index contributed by atoms with van der Waals surface area (Å²) in [6.45, 7) is 2.48. The lowest BCUT2D eigenvalue weighted by Crippen LogP contribution is -2.03. The third-order valence-electron chi connectivity index (χ3n) is 2.33. The molecule has 0 saturated carbocycles. The van der Waals surface area contributed by atoms with Crippen LogP contribution in [0.3, 0.4) is 0 Å². The summed E-state index contributed by atoms with van der Waals surface area (Å²) in [6, 6.07) is 3.29. The van der Waals surface area contributed by atoms with E-state index < -0.39 is 11.9 Å². The molecule has 0 fully saturated rings. The van der Waals surface area contributed by atoms with Crippen LogP contribution in [0.1, 0.15) is 31.8 Å². The summed E-state index contributed by atoms with van der Waals surface area (Å²) < 4.78 is 6.43. The first kappa shape index (κ1) is 13.3. The number of hydrogen-bond donors (Lipinski definition) is 1. The first-order chi connectivity index (χ1) is 9.10. The minimum atomic E-state index is -0.941. The fourth-order valence-electron chi connectivity index (χ4n) is 1.51. The third-order valence-corrected chi connectivity index (χ3v) is 3.39. The Bertz CT molecular complexity index is 602. The maximum absolute atomic E-state index is 11.5. The van der Waals surface area contributed by atoms with E-state index in [4.69, 9.17) is 9.84 Å². The Balaban J connectivity index is 2.06. The highest BCUT2D eigenvalue weighted by molar-refractivity contribution is 7.13. The van der Waals surface area contributed by atoms with E-state index in [9.17, 15) is 9.59 Å². The van der Waals surface area contributed by atoms with Crippen LogP contribution in [0, 0.1) is 0 Å². The van der Waals surface area contributed by atoms with Crippen molar-refractivity contribution in [1.29, 1.82) is 0 Å². The van der Waals surface area contributed by atoms with Gasteiger partial charge >= 0.3 is 11.9 Å². The van der Waals surface area contributed by atoms with E-state index >= 15 is 0 Å². The van der Waals surface area contributed by atoms with Crippen molar-refractivity contribution >= 4 is 23.3 Å². The van der Waals surface area contributed by atoms with E-state index in [1.165, 1.54) is 17.5 Å². The highest BCUT2D eigenvalue weighted by Gasteiger charge is 2.11. The number of carbonyl (C=O) groups excluding carboxylic acids is 1. The molecule has 2 rings (SSSR count). The molecule has 100 valence electrons. The van der Waals surface area contributed by atoms with Crippen molar-refractivity contribution in [2.24, 2.45) is 0 Å². The fraction of sp³-hybridized carbons (Fsp3) is 0.250. The van der Waals surface area contributed by atoms with Crippen LogP contribution in [0.25, 0.3) is 0 Å². The fourth-order valence-corrected chi connectivity index (χ4v) is 2.35. The van der Waals surface area contributed by atoms with E-state index in [1.54, 1.807) is 29.9 Å². The first-order valence-electron chi connectivity index (χ1n) is 5.61. The van der Waals surface area contributed by atoms with E-state index in [1.807, 2.05) is 0 Å². The molecule has 2 aromatic heterocycles. The van der Waals surface area contributed by atoms with Crippen molar-refractivity contribution in [3.63, 3.8) is 0 Å². The molecule has 0 saturated heterocycles. The number of nitrogens with zero attached hydrogens (tertiary/aromatic N) is 2. The molecular formula is C12H12N2O4S. The molecule has 0 aromatic carbocycles. The Morgan fingerprint density at radius 3 is 2.89 bits per heavy atom. The van der Waals surface area contributed by atoms with Gasteiger partial charge < -0.3 is 9.84 Å². The number of ether oxygens (including phenoxy) is 1. The lowest BCUT2D eigenvalue weighted by molar-refractivity contribution is 0.0525. The van der Waals surface area contributed by atoms with Gasteiger partial charge in [-0.3, -0.25) is 4.68 Å². The van der Waals surface area contributed by atoms with E-state index in [0.717, 1.165) is 4.88 Å². The molecule has 2 aromatic rings. The maximum atomic E-state index is 11.5. The predicted molar refractivity (Wildman–Crippen MR) is 68.6 cm³/mol. The van der Waals surface area contributed by atoms with Gasteiger partial charge in [-0.1, -0.05) is 0 Å². The number of rotatable bonds is 5. The number of esters is 1. The second-order valence-electron chi connectivity index (χ2n) is 3.72. The molecule has 0 aliphatic heterocycles. The molecule has 0 aliphatic rings. The van der Waals surface area contributed by atoms with Crippen LogP contribution in [0.2, 0.25) is 0 Å². The SMILES string of the molecule is CCOC(=O)c1cnn(Cc2ccc(C(=O)O)s2)c1. The van der Waals surface area contributed by atoms with Crippen molar-refractivity contribution in [1.82, 2.24) is 9.78 Å². The van der Waals surface area contributed by atoms with Crippen LogP contribution >= 0.6 is 11.3 Å². The average molecular weight is 280 g/mol. The van der Waals surface area contributed by atoms with Gasteiger partial charge in [0.1, 0.15) is 4.88 Å². The second-order valence-corrected chi connectivity index (χ2v) is 4.89. The number of aromatic nitrogens is 2. The summed E-state index contributed by atoms with van der Waals surface area (Å²) in [4.78, 5) is 23.4. The Morgan fingerprint density at radius 1 is 1.47 bits per heavy atom. The summed E-state index contributed by atoms with van der Waals surface area (Å²) >= 11 is 1.19. The van der Waals surface area contributed by atoms with Crippen molar-refractivity contribution in [3.05, 3.63) is 39.8 Å². The molecule has 0 spiro atoms. The maximum Gasteiger partial charge on any atom is 0.345 e. The van der Waals surface area contributed by atoms with Gasteiger partial charge in [-0.15, -0.1) is 11.3 Å². The molecule has 7 heteroatoms. The highest BCUT2D eigenvalue weighted by Crippen LogP contribution is 2.17. The average Bonchev–Trinajstić information content (AvgIpc) is 2.99. The highest BCUT2D eigenvalue weighted by atomic mass is 32.1. The van der Waals surface area contributed by atoms with Gasteiger partial charge in [0.2, 0.25) is 0 Å². The lowest BCUT2D eigenvalue weighted by Gasteiger charge is -1.98. The molecule has 0 atom stereocenters. The standard InChI is InChI=1S/C12H12N2O4S/c1-2-18-12(17)8-5-13-14(6-8)7-9-3-4-10(19-9)11(15)16/h3-6H,2,7H2,1H3,(H,15,16). The summed E-state index contributed by atoms with van der Waals surface area (Å²) in [5.74, 6) is -1.35. The number of hydrogen-bond acceptors (Lipinski definition) is 5. The molecular weight excluding hydrogens is 268 g/mol. The quantitative estimate of drug-likeness (QED) is 0.845. The van der Waals surface area contributed by atoms with Crippen LogP contribution in [0.4, 0.5) is 0 Å². The molecule has 0 radical (unpaired) electrons. The molecule has 2 heterocycles. The van der Waals surface area contributed by atoms with E-state index in [0.29, 0.717) is 18.7 Å². The van der Waals surface area contributed by atoms with Crippen LogP contribution in [-0.2, 0) is 11.3 Å².